The van der Waals surface area contributed by atoms with Gasteiger partial charge in [-0.25, -0.2) is 0 Å². The SMILES string of the molecule is CCNc1ccc(C)cc1C(=O)N1[C@H](C)CCC[C@@H]1C. The summed E-state index contributed by atoms with van der Waals surface area (Å²) in [6.45, 7) is 9.25. The van der Waals surface area contributed by atoms with Gasteiger partial charge in [-0.1, -0.05) is 11.6 Å². The minimum Gasteiger partial charge on any atom is -0.385 e. The average molecular weight is 274 g/mol. The van der Waals surface area contributed by atoms with Crippen molar-refractivity contribution in [2.45, 2.75) is 59.0 Å². The van der Waals surface area contributed by atoms with E-state index in [4.69, 9.17) is 0 Å². The summed E-state index contributed by atoms with van der Waals surface area (Å²) in [7, 11) is 0. The van der Waals surface area contributed by atoms with Crippen LogP contribution in [-0.2, 0) is 0 Å². The number of nitrogens with zero attached hydrogens (tertiary/aromatic N) is 1. The molecular weight excluding hydrogens is 248 g/mol. The van der Waals surface area contributed by atoms with Gasteiger partial charge in [0, 0.05) is 24.3 Å². The number of rotatable bonds is 3. The van der Waals surface area contributed by atoms with E-state index in [9.17, 15) is 4.79 Å². The van der Waals surface area contributed by atoms with E-state index in [0.717, 1.165) is 36.2 Å². The molecule has 0 unspecified atom stereocenters. The third-order valence-electron chi connectivity index (χ3n) is 4.20. The molecule has 3 heteroatoms. The van der Waals surface area contributed by atoms with Crippen molar-refractivity contribution in [3.05, 3.63) is 29.3 Å². The molecule has 2 rings (SSSR count). The Bertz CT molecular complexity index is 474. The van der Waals surface area contributed by atoms with Gasteiger partial charge in [-0.3, -0.25) is 4.79 Å². The van der Waals surface area contributed by atoms with Crippen molar-refractivity contribution in [3.63, 3.8) is 0 Å². The Hall–Kier alpha value is -1.51. The Kier molecular flexibility index (Phi) is 4.69. The fraction of sp³-hybridized carbons (Fsp3) is 0.588. The summed E-state index contributed by atoms with van der Waals surface area (Å²) in [6, 6.07) is 6.75. The van der Waals surface area contributed by atoms with Gasteiger partial charge in [0.2, 0.25) is 0 Å². The van der Waals surface area contributed by atoms with Crippen molar-refractivity contribution in [1.29, 1.82) is 0 Å². The average Bonchev–Trinajstić information content (AvgIpc) is 2.40. The van der Waals surface area contributed by atoms with Crippen LogP contribution < -0.4 is 5.32 Å². The fourth-order valence-corrected chi connectivity index (χ4v) is 3.14. The van der Waals surface area contributed by atoms with Crippen molar-refractivity contribution in [2.24, 2.45) is 0 Å². The van der Waals surface area contributed by atoms with Crippen LogP contribution in [0.4, 0.5) is 5.69 Å². The fourth-order valence-electron chi connectivity index (χ4n) is 3.14. The molecule has 1 fully saturated rings. The van der Waals surface area contributed by atoms with Gasteiger partial charge in [-0.15, -0.1) is 0 Å². The Morgan fingerprint density at radius 1 is 1.30 bits per heavy atom. The molecular formula is C17H26N2O. The Labute approximate surface area is 122 Å². The zero-order valence-corrected chi connectivity index (χ0v) is 13.1. The first-order valence-electron chi connectivity index (χ1n) is 7.71. The molecule has 20 heavy (non-hydrogen) atoms. The molecule has 0 aliphatic carbocycles. The summed E-state index contributed by atoms with van der Waals surface area (Å²) >= 11 is 0. The highest BCUT2D eigenvalue weighted by Gasteiger charge is 2.30. The van der Waals surface area contributed by atoms with Gasteiger partial charge < -0.3 is 10.2 Å². The number of aryl methyl sites for hydroxylation is 1. The molecule has 1 aliphatic heterocycles. The molecule has 1 N–H and O–H groups in total. The smallest absolute Gasteiger partial charge is 0.256 e. The lowest BCUT2D eigenvalue weighted by atomic mass is 9.95. The lowest BCUT2D eigenvalue weighted by Gasteiger charge is -2.39. The van der Waals surface area contributed by atoms with Crippen LogP contribution in [0.5, 0.6) is 0 Å². The van der Waals surface area contributed by atoms with Crippen molar-refractivity contribution in [2.75, 3.05) is 11.9 Å². The maximum atomic E-state index is 13.0. The number of carbonyl (C=O) groups excluding carboxylic acids is 1. The molecule has 0 radical (unpaired) electrons. The van der Waals surface area contributed by atoms with Gasteiger partial charge >= 0.3 is 0 Å². The zero-order valence-electron chi connectivity index (χ0n) is 13.1. The normalized spacial score (nSPS) is 22.7. The predicted octanol–water partition coefficient (Wildman–Crippen LogP) is 3.83. The maximum absolute atomic E-state index is 13.0. The third-order valence-corrected chi connectivity index (χ3v) is 4.20. The molecule has 3 nitrogen and oxygen atoms in total. The molecule has 2 atom stereocenters. The van der Waals surface area contributed by atoms with Crippen molar-refractivity contribution in [3.8, 4) is 0 Å². The first-order chi connectivity index (χ1) is 9.54. The minimum absolute atomic E-state index is 0.171. The topological polar surface area (TPSA) is 32.3 Å². The van der Waals surface area contributed by atoms with E-state index in [-0.39, 0.29) is 5.91 Å². The Morgan fingerprint density at radius 2 is 1.95 bits per heavy atom. The summed E-state index contributed by atoms with van der Waals surface area (Å²) in [5.41, 5.74) is 2.90. The molecule has 1 aromatic carbocycles. The second-order valence-electron chi connectivity index (χ2n) is 5.92. The highest BCUT2D eigenvalue weighted by Crippen LogP contribution is 2.27. The van der Waals surface area contributed by atoms with Crippen LogP contribution in [-0.4, -0.2) is 29.4 Å². The number of likely N-dealkylation sites (tertiary alicyclic amines) is 1. The summed E-state index contributed by atoms with van der Waals surface area (Å²) in [6.07, 6.45) is 3.44. The number of carbonyl (C=O) groups is 1. The van der Waals surface area contributed by atoms with Crippen LogP contribution in [0.1, 0.15) is 56.0 Å². The monoisotopic (exact) mass is 274 g/mol. The van der Waals surface area contributed by atoms with Gasteiger partial charge in [0.15, 0.2) is 0 Å². The lowest BCUT2D eigenvalue weighted by Crippen LogP contribution is -2.47. The number of nitrogens with one attached hydrogen (secondary N) is 1. The van der Waals surface area contributed by atoms with E-state index in [0.29, 0.717) is 12.1 Å². The number of benzene rings is 1. The molecule has 1 aromatic rings. The van der Waals surface area contributed by atoms with Crippen molar-refractivity contribution >= 4 is 11.6 Å². The maximum Gasteiger partial charge on any atom is 0.256 e. The molecule has 1 saturated heterocycles. The first-order valence-corrected chi connectivity index (χ1v) is 7.71. The number of amides is 1. The van der Waals surface area contributed by atoms with Crippen LogP contribution in [0.15, 0.2) is 18.2 Å². The highest BCUT2D eigenvalue weighted by atomic mass is 16.2. The van der Waals surface area contributed by atoms with Crippen LogP contribution in [0.25, 0.3) is 0 Å². The third kappa shape index (κ3) is 2.97. The quantitative estimate of drug-likeness (QED) is 0.908. The summed E-state index contributed by atoms with van der Waals surface area (Å²) in [4.78, 5) is 15.0. The lowest BCUT2D eigenvalue weighted by molar-refractivity contribution is 0.0511. The largest absolute Gasteiger partial charge is 0.385 e. The molecule has 1 aliphatic rings. The molecule has 110 valence electrons. The second kappa shape index (κ2) is 6.29. The minimum atomic E-state index is 0.171. The molecule has 0 spiro atoms. The molecule has 1 amide bonds. The van der Waals surface area contributed by atoms with Crippen LogP contribution >= 0.6 is 0 Å². The summed E-state index contributed by atoms with van der Waals surface area (Å²) < 4.78 is 0. The standard InChI is InChI=1S/C17H26N2O/c1-5-18-16-10-9-12(2)11-15(16)17(20)19-13(3)7-6-8-14(19)4/h9-11,13-14,18H,5-8H2,1-4H3/t13-,14+. The van der Waals surface area contributed by atoms with Crippen LogP contribution in [0, 0.1) is 6.92 Å². The van der Waals surface area contributed by atoms with Crippen LogP contribution in [0.3, 0.4) is 0 Å². The van der Waals surface area contributed by atoms with Crippen LogP contribution in [0.2, 0.25) is 0 Å². The molecule has 0 aromatic heterocycles. The van der Waals surface area contributed by atoms with Gasteiger partial charge in [0.05, 0.1) is 5.56 Å². The molecule has 1 heterocycles. The number of hydrogen-bond acceptors (Lipinski definition) is 2. The number of anilines is 1. The summed E-state index contributed by atoms with van der Waals surface area (Å²) in [5, 5.41) is 3.31. The van der Waals surface area contributed by atoms with E-state index in [1.54, 1.807) is 0 Å². The number of piperidine rings is 1. The summed E-state index contributed by atoms with van der Waals surface area (Å²) in [5.74, 6) is 0.171. The van der Waals surface area contributed by atoms with E-state index in [1.165, 1.54) is 6.42 Å². The second-order valence-corrected chi connectivity index (χ2v) is 5.92. The van der Waals surface area contributed by atoms with Gasteiger partial charge in [-0.2, -0.15) is 0 Å². The van der Waals surface area contributed by atoms with Gasteiger partial charge in [0.25, 0.3) is 5.91 Å². The van der Waals surface area contributed by atoms with E-state index >= 15 is 0 Å². The van der Waals surface area contributed by atoms with Gasteiger partial charge in [0.1, 0.15) is 0 Å². The number of hydrogen-bond donors (Lipinski definition) is 1. The Balaban J connectivity index is 2.34. The van der Waals surface area contributed by atoms with Crippen molar-refractivity contribution < 1.29 is 4.79 Å². The van der Waals surface area contributed by atoms with E-state index < -0.39 is 0 Å². The van der Waals surface area contributed by atoms with Crippen molar-refractivity contribution in [1.82, 2.24) is 4.90 Å². The zero-order chi connectivity index (χ0) is 14.7. The predicted molar refractivity (Wildman–Crippen MR) is 84.3 cm³/mol. The Morgan fingerprint density at radius 3 is 2.55 bits per heavy atom. The first kappa shape index (κ1) is 14.9. The van der Waals surface area contributed by atoms with E-state index in [2.05, 4.69) is 37.1 Å². The van der Waals surface area contributed by atoms with E-state index in [1.807, 2.05) is 19.1 Å². The highest BCUT2D eigenvalue weighted by molar-refractivity contribution is 6.00. The van der Waals surface area contributed by atoms with Gasteiger partial charge in [-0.05, 0) is 59.1 Å². The molecule has 0 saturated carbocycles. The molecule has 0 bridgehead atoms.